The Morgan fingerprint density at radius 3 is 2.36 bits per heavy atom. The molecule has 2 aromatic heterocycles. The molecular formula is C25H31F4N5OSi. The predicted octanol–water partition coefficient (Wildman–Crippen LogP) is 5.74. The van der Waals surface area contributed by atoms with Crippen molar-refractivity contribution in [1.29, 1.82) is 0 Å². The van der Waals surface area contributed by atoms with E-state index < -0.39 is 19.8 Å². The van der Waals surface area contributed by atoms with E-state index in [9.17, 15) is 17.6 Å². The van der Waals surface area contributed by atoms with Gasteiger partial charge in [0, 0.05) is 52.6 Å². The Morgan fingerprint density at radius 1 is 1.00 bits per heavy atom. The normalized spacial score (nSPS) is 15.0. The summed E-state index contributed by atoms with van der Waals surface area (Å²) in [6.07, 6.45) is -1.47. The third kappa shape index (κ3) is 6.64. The molecule has 0 aliphatic carbocycles. The van der Waals surface area contributed by atoms with Crippen LogP contribution in [-0.2, 0) is 17.6 Å². The monoisotopic (exact) mass is 521 g/mol. The minimum absolute atomic E-state index is 0.269. The molecule has 0 bridgehead atoms. The van der Waals surface area contributed by atoms with Crippen LogP contribution in [0, 0.1) is 5.82 Å². The molecule has 1 fully saturated rings. The van der Waals surface area contributed by atoms with Crippen LogP contribution in [0.25, 0.3) is 11.3 Å². The van der Waals surface area contributed by atoms with Gasteiger partial charge < -0.3 is 14.5 Å². The van der Waals surface area contributed by atoms with Crippen LogP contribution >= 0.6 is 0 Å². The first-order valence-electron chi connectivity index (χ1n) is 11.9. The lowest BCUT2D eigenvalue weighted by Gasteiger charge is -2.36. The molecule has 0 radical (unpaired) electrons. The van der Waals surface area contributed by atoms with E-state index in [-0.39, 0.29) is 12.5 Å². The molecule has 36 heavy (non-hydrogen) atoms. The summed E-state index contributed by atoms with van der Waals surface area (Å²) >= 11 is 0. The molecule has 4 rings (SSSR count). The van der Waals surface area contributed by atoms with Crippen LogP contribution in [-0.4, -0.2) is 55.4 Å². The maximum absolute atomic E-state index is 13.3. The molecule has 1 aliphatic heterocycles. The summed E-state index contributed by atoms with van der Waals surface area (Å²) in [7, 11) is -1.26. The molecule has 3 aromatic rings. The Hall–Kier alpha value is -2.92. The minimum atomic E-state index is -4.42. The van der Waals surface area contributed by atoms with Crippen molar-refractivity contribution in [3.63, 3.8) is 0 Å². The number of nitrogens with zero attached hydrogens (tertiary/aromatic N) is 5. The highest BCUT2D eigenvalue weighted by molar-refractivity contribution is 6.76. The molecule has 0 amide bonds. The van der Waals surface area contributed by atoms with Crippen LogP contribution in [0.2, 0.25) is 25.7 Å². The molecule has 1 saturated heterocycles. The van der Waals surface area contributed by atoms with Gasteiger partial charge in [0.25, 0.3) is 0 Å². The molecule has 0 spiro atoms. The van der Waals surface area contributed by atoms with Gasteiger partial charge >= 0.3 is 6.18 Å². The van der Waals surface area contributed by atoms with Gasteiger partial charge in [-0.3, -0.25) is 4.57 Å². The minimum Gasteiger partial charge on any atom is -0.361 e. The van der Waals surface area contributed by atoms with Gasteiger partial charge in [-0.25, -0.2) is 14.4 Å². The van der Waals surface area contributed by atoms with Crippen molar-refractivity contribution in [3.05, 3.63) is 60.2 Å². The molecule has 11 heteroatoms. The van der Waals surface area contributed by atoms with E-state index in [0.717, 1.165) is 18.2 Å². The smallest absolute Gasteiger partial charge is 0.361 e. The van der Waals surface area contributed by atoms with Gasteiger partial charge in [0.15, 0.2) is 0 Å². The summed E-state index contributed by atoms with van der Waals surface area (Å²) in [4.78, 5) is 13.1. The Labute approximate surface area is 209 Å². The standard InChI is InChI=1S/C25H31F4N5OSi/c1-36(2,3)14-13-35-18-34-17-22(19-5-4-6-20(15-19)25(27,28)29)31-24(34)33-11-9-32(10-12-33)23-8-7-21(26)16-30-23/h4-8,15-17H,9-14,18H2,1-3H3. The SMILES string of the molecule is C[Si](C)(C)CCOCn1cc(-c2cccc(C(F)(F)F)c2)nc1N1CCN(c2ccc(F)cn2)CC1. The highest BCUT2D eigenvalue weighted by atomic mass is 28.3. The number of aromatic nitrogens is 3. The summed E-state index contributed by atoms with van der Waals surface area (Å²) in [5.74, 6) is 0.983. The van der Waals surface area contributed by atoms with E-state index in [1.807, 2.05) is 4.57 Å². The average molecular weight is 522 g/mol. The number of halogens is 4. The number of hydrogen-bond acceptors (Lipinski definition) is 5. The van der Waals surface area contributed by atoms with Crippen LogP contribution in [0.15, 0.2) is 48.8 Å². The number of rotatable bonds is 8. The number of pyridine rings is 1. The number of alkyl halides is 3. The second-order valence-corrected chi connectivity index (χ2v) is 15.8. The quantitative estimate of drug-likeness (QED) is 0.215. The van der Waals surface area contributed by atoms with E-state index in [1.54, 1.807) is 18.3 Å². The Kier molecular flexibility index (Phi) is 7.69. The second-order valence-electron chi connectivity index (χ2n) is 10.1. The third-order valence-electron chi connectivity index (χ3n) is 6.07. The van der Waals surface area contributed by atoms with Crippen molar-refractivity contribution >= 4 is 19.8 Å². The van der Waals surface area contributed by atoms with Crippen LogP contribution < -0.4 is 9.80 Å². The number of imidazole rings is 1. The summed E-state index contributed by atoms with van der Waals surface area (Å²) in [6, 6.07) is 9.28. The summed E-state index contributed by atoms with van der Waals surface area (Å²) in [6.45, 7) is 10.3. The highest BCUT2D eigenvalue weighted by Crippen LogP contribution is 2.33. The van der Waals surface area contributed by atoms with Crippen molar-refractivity contribution in [1.82, 2.24) is 14.5 Å². The zero-order valence-corrected chi connectivity index (χ0v) is 21.7. The lowest BCUT2D eigenvalue weighted by molar-refractivity contribution is -0.137. The van der Waals surface area contributed by atoms with Gasteiger partial charge in [-0.2, -0.15) is 13.2 Å². The summed E-state index contributed by atoms with van der Waals surface area (Å²) in [5.41, 5.74) is 0.163. The van der Waals surface area contributed by atoms with Gasteiger partial charge in [-0.05, 0) is 30.3 Å². The topological polar surface area (TPSA) is 46.4 Å². The van der Waals surface area contributed by atoms with Crippen molar-refractivity contribution < 1.29 is 22.3 Å². The number of benzene rings is 1. The number of piperazine rings is 1. The number of ether oxygens (including phenoxy) is 1. The maximum Gasteiger partial charge on any atom is 0.416 e. The van der Waals surface area contributed by atoms with E-state index in [1.165, 1.54) is 18.3 Å². The molecule has 0 unspecified atom stereocenters. The average Bonchev–Trinajstić information content (AvgIpc) is 3.26. The summed E-state index contributed by atoms with van der Waals surface area (Å²) < 4.78 is 60.9. The Balaban J connectivity index is 1.54. The fourth-order valence-corrected chi connectivity index (χ4v) is 4.74. The lowest BCUT2D eigenvalue weighted by atomic mass is 10.1. The van der Waals surface area contributed by atoms with Crippen molar-refractivity contribution in [2.45, 2.75) is 38.6 Å². The molecule has 0 saturated carbocycles. The van der Waals surface area contributed by atoms with E-state index in [0.29, 0.717) is 55.8 Å². The largest absolute Gasteiger partial charge is 0.416 e. The fraction of sp³-hybridized carbons (Fsp3) is 0.440. The number of hydrogen-bond donors (Lipinski definition) is 0. The van der Waals surface area contributed by atoms with Gasteiger partial charge in [-0.1, -0.05) is 31.8 Å². The first-order chi connectivity index (χ1) is 17.0. The first kappa shape index (κ1) is 26.1. The molecule has 0 N–H and O–H groups in total. The third-order valence-corrected chi connectivity index (χ3v) is 7.77. The molecule has 1 aliphatic rings. The van der Waals surface area contributed by atoms with E-state index >= 15 is 0 Å². The van der Waals surface area contributed by atoms with Crippen LogP contribution in [0.5, 0.6) is 0 Å². The molecule has 6 nitrogen and oxygen atoms in total. The number of anilines is 2. The zero-order valence-electron chi connectivity index (χ0n) is 20.7. The van der Waals surface area contributed by atoms with Crippen LogP contribution in [0.1, 0.15) is 5.56 Å². The molecule has 194 valence electrons. The molecule has 0 atom stereocenters. The zero-order chi connectivity index (χ0) is 25.9. The second kappa shape index (κ2) is 10.6. The Morgan fingerprint density at radius 2 is 1.72 bits per heavy atom. The highest BCUT2D eigenvalue weighted by Gasteiger charge is 2.31. The van der Waals surface area contributed by atoms with Gasteiger partial charge in [0.05, 0.1) is 17.5 Å². The van der Waals surface area contributed by atoms with Crippen molar-refractivity contribution in [3.8, 4) is 11.3 Å². The van der Waals surface area contributed by atoms with E-state index in [4.69, 9.17) is 9.72 Å². The first-order valence-corrected chi connectivity index (χ1v) is 15.6. The maximum atomic E-state index is 13.3. The van der Waals surface area contributed by atoms with E-state index in [2.05, 4.69) is 34.4 Å². The van der Waals surface area contributed by atoms with Crippen molar-refractivity contribution in [2.75, 3.05) is 42.6 Å². The molecule has 1 aromatic carbocycles. The van der Waals surface area contributed by atoms with Gasteiger partial charge in [0.2, 0.25) is 5.95 Å². The van der Waals surface area contributed by atoms with Crippen molar-refractivity contribution in [2.24, 2.45) is 0 Å². The van der Waals surface area contributed by atoms with Crippen LogP contribution in [0.3, 0.4) is 0 Å². The molecule has 3 heterocycles. The van der Waals surface area contributed by atoms with Gasteiger partial charge in [0.1, 0.15) is 18.4 Å². The Bertz CT molecular complexity index is 1150. The summed E-state index contributed by atoms with van der Waals surface area (Å²) in [5, 5.41) is 0. The van der Waals surface area contributed by atoms with Gasteiger partial charge in [-0.15, -0.1) is 0 Å². The van der Waals surface area contributed by atoms with Crippen LogP contribution in [0.4, 0.5) is 29.3 Å². The predicted molar refractivity (Wildman–Crippen MR) is 135 cm³/mol. The lowest BCUT2D eigenvalue weighted by Crippen LogP contribution is -2.47. The molecular weight excluding hydrogens is 490 g/mol. The fourth-order valence-electron chi connectivity index (χ4n) is 3.98.